The molecular weight excluding hydrogens is 415 g/mol. The summed E-state index contributed by atoms with van der Waals surface area (Å²) in [7, 11) is 0. The van der Waals surface area contributed by atoms with Crippen LogP contribution >= 0.6 is 0 Å². The Balaban J connectivity index is 1.38. The van der Waals surface area contributed by atoms with Crippen molar-refractivity contribution < 1.29 is 9.18 Å². The van der Waals surface area contributed by atoms with Gasteiger partial charge >= 0.3 is 0 Å². The lowest BCUT2D eigenvalue weighted by molar-refractivity contribution is -0.117. The summed E-state index contributed by atoms with van der Waals surface area (Å²) in [5.41, 5.74) is 4.41. The number of benzene rings is 2. The molecule has 2 heterocycles. The standard InChI is InChI=1S/C27H31FN4O/c1-3-32(25-10-7-21(8-11-25)19-31-14-13-29-20(2)18-31)27(33)15-22-9-12-26(30-17-22)23-5-4-6-24(28)16-23/h4-12,16-17,20,29H,3,13-15,18-19H2,1-2H3/t20-/m0/s1. The normalized spacial score (nSPS) is 16.5. The minimum atomic E-state index is -0.291. The van der Waals surface area contributed by atoms with Gasteiger partial charge in [-0.1, -0.05) is 30.3 Å². The number of hydrogen-bond acceptors (Lipinski definition) is 4. The number of carbonyl (C=O) groups excluding carboxylic acids is 1. The van der Waals surface area contributed by atoms with Gasteiger partial charge in [-0.25, -0.2) is 4.39 Å². The predicted octanol–water partition coefficient (Wildman–Crippen LogP) is 4.28. The van der Waals surface area contributed by atoms with Gasteiger partial charge in [-0.15, -0.1) is 0 Å². The summed E-state index contributed by atoms with van der Waals surface area (Å²) in [6.07, 6.45) is 1.97. The average Bonchev–Trinajstić information content (AvgIpc) is 2.81. The van der Waals surface area contributed by atoms with Crippen LogP contribution in [-0.2, 0) is 17.8 Å². The molecular formula is C27H31FN4O. The summed E-state index contributed by atoms with van der Waals surface area (Å²) in [6, 6.07) is 18.9. The lowest BCUT2D eigenvalue weighted by Gasteiger charge is -2.32. The Kier molecular flexibility index (Phi) is 7.47. The van der Waals surface area contributed by atoms with E-state index in [0.717, 1.165) is 43.0 Å². The molecule has 0 saturated carbocycles. The van der Waals surface area contributed by atoms with Crippen molar-refractivity contribution in [1.82, 2.24) is 15.2 Å². The molecule has 172 valence electrons. The molecule has 1 aromatic heterocycles. The maximum Gasteiger partial charge on any atom is 0.231 e. The smallest absolute Gasteiger partial charge is 0.231 e. The number of hydrogen-bond donors (Lipinski definition) is 1. The SMILES string of the molecule is CCN(C(=O)Cc1ccc(-c2cccc(F)c2)nc1)c1ccc(CN2CCN[C@@H](C)C2)cc1. The van der Waals surface area contributed by atoms with Crippen molar-refractivity contribution in [2.24, 2.45) is 0 Å². The molecule has 1 amide bonds. The van der Waals surface area contributed by atoms with Gasteiger partial charge in [0.15, 0.2) is 0 Å². The molecule has 1 aliphatic rings. The number of carbonyl (C=O) groups is 1. The zero-order valence-electron chi connectivity index (χ0n) is 19.3. The Morgan fingerprint density at radius 1 is 1.15 bits per heavy atom. The Labute approximate surface area is 195 Å². The van der Waals surface area contributed by atoms with Crippen LogP contribution in [0, 0.1) is 5.82 Å². The fourth-order valence-corrected chi connectivity index (χ4v) is 4.32. The third kappa shape index (κ3) is 6.03. The van der Waals surface area contributed by atoms with Gasteiger partial charge in [-0.2, -0.15) is 0 Å². The van der Waals surface area contributed by atoms with E-state index in [4.69, 9.17) is 0 Å². The first-order chi connectivity index (χ1) is 16.0. The van der Waals surface area contributed by atoms with Crippen molar-refractivity contribution in [2.75, 3.05) is 31.1 Å². The van der Waals surface area contributed by atoms with Crippen molar-refractivity contribution in [1.29, 1.82) is 0 Å². The molecule has 1 N–H and O–H groups in total. The number of piperazine rings is 1. The van der Waals surface area contributed by atoms with E-state index in [9.17, 15) is 9.18 Å². The van der Waals surface area contributed by atoms with Gasteiger partial charge in [0.2, 0.25) is 5.91 Å². The van der Waals surface area contributed by atoms with Crippen LogP contribution in [0.5, 0.6) is 0 Å². The topological polar surface area (TPSA) is 48.5 Å². The number of aromatic nitrogens is 1. The minimum Gasteiger partial charge on any atom is -0.312 e. The Bertz CT molecular complexity index is 1070. The van der Waals surface area contributed by atoms with Crippen LogP contribution in [0.2, 0.25) is 0 Å². The van der Waals surface area contributed by atoms with E-state index in [1.807, 2.05) is 37.3 Å². The number of rotatable bonds is 7. The second-order valence-electron chi connectivity index (χ2n) is 8.63. The Morgan fingerprint density at radius 2 is 1.94 bits per heavy atom. The molecule has 1 fully saturated rings. The van der Waals surface area contributed by atoms with E-state index < -0.39 is 0 Å². The Hall–Kier alpha value is -3.09. The third-order valence-electron chi connectivity index (χ3n) is 6.02. The summed E-state index contributed by atoms with van der Waals surface area (Å²) in [4.78, 5) is 21.7. The molecule has 0 radical (unpaired) electrons. The van der Waals surface area contributed by atoms with E-state index in [-0.39, 0.29) is 18.1 Å². The zero-order valence-corrected chi connectivity index (χ0v) is 19.3. The zero-order chi connectivity index (χ0) is 23.2. The highest BCUT2D eigenvalue weighted by molar-refractivity contribution is 5.94. The second-order valence-corrected chi connectivity index (χ2v) is 8.63. The number of likely N-dealkylation sites (N-methyl/N-ethyl adjacent to an activating group) is 1. The van der Waals surface area contributed by atoms with Gasteiger partial charge in [0.05, 0.1) is 12.1 Å². The average molecular weight is 447 g/mol. The molecule has 5 nitrogen and oxygen atoms in total. The summed E-state index contributed by atoms with van der Waals surface area (Å²) in [6.45, 7) is 8.85. The molecule has 1 saturated heterocycles. The summed E-state index contributed by atoms with van der Waals surface area (Å²) in [5, 5.41) is 3.47. The molecule has 0 aliphatic carbocycles. The van der Waals surface area contributed by atoms with Crippen LogP contribution in [0.1, 0.15) is 25.0 Å². The molecule has 1 aliphatic heterocycles. The van der Waals surface area contributed by atoms with Crippen molar-refractivity contribution in [3.63, 3.8) is 0 Å². The van der Waals surface area contributed by atoms with Gasteiger partial charge < -0.3 is 10.2 Å². The van der Waals surface area contributed by atoms with Crippen LogP contribution in [0.25, 0.3) is 11.3 Å². The first kappa shape index (κ1) is 23.1. The van der Waals surface area contributed by atoms with E-state index in [0.29, 0.717) is 18.3 Å². The van der Waals surface area contributed by atoms with Crippen molar-refractivity contribution >= 4 is 11.6 Å². The van der Waals surface area contributed by atoms with Crippen molar-refractivity contribution in [3.05, 3.63) is 83.8 Å². The highest BCUT2D eigenvalue weighted by atomic mass is 19.1. The number of halogens is 1. The monoisotopic (exact) mass is 446 g/mol. The molecule has 4 rings (SSSR count). The fraction of sp³-hybridized carbons (Fsp3) is 0.333. The van der Waals surface area contributed by atoms with Crippen molar-refractivity contribution in [2.45, 2.75) is 32.9 Å². The van der Waals surface area contributed by atoms with E-state index in [2.05, 4.69) is 34.3 Å². The number of anilines is 1. The predicted molar refractivity (Wildman–Crippen MR) is 131 cm³/mol. The lowest BCUT2D eigenvalue weighted by Crippen LogP contribution is -2.48. The van der Waals surface area contributed by atoms with Crippen LogP contribution in [0.3, 0.4) is 0 Å². The van der Waals surface area contributed by atoms with Crippen molar-refractivity contribution in [3.8, 4) is 11.3 Å². The maximum absolute atomic E-state index is 13.5. The third-order valence-corrected chi connectivity index (χ3v) is 6.02. The number of pyridine rings is 1. The first-order valence-electron chi connectivity index (χ1n) is 11.6. The first-order valence-corrected chi connectivity index (χ1v) is 11.6. The molecule has 6 heteroatoms. The van der Waals surface area contributed by atoms with E-state index in [1.54, 1.807) is 17.2 Å². The van der Waals surface area contributed by atoms with E-state index in [1.165, 1.54) is 17.7 Å². The lowest BCUT2D eigenvalue weighted by atomic mass is 10.1. The summed E-state index contributed by atoms with van der Waals surface area (Å²) < 4.78 is 13.5. The number of nitrogens with one attached hydrogen (secondary N) is 1. The molecule has 0 unspecified atom stereocenters. The minimum absolute atomic E-state index is 0.0292. The number of nitrogens with zero attached hydrogens (tertiary/aromatic N) is 3. The van der Waals surface area contributed by atoms with Gasteiger partial charge in [-0.05, 0) is 55.3 Å². The number of amides is 1. The highest BCUT2D eigenvalue weighted by Crippen LogP contribution is 2.20. The van der Waals surface area contributed by atoms with Gasteiger partial charge in [0, 0.05) is 56.2 Å². The molecule has 2 aromatic carbocycles. The summed E-state index contributed by atoms with van der Waals surface area (Å²) in [5.74, 6) is -0.262. The quantitative estimate of drug-likeness (QED) is 0.589. The molecule has 3 aromatic rings. The van der Waals surface area contributed by atoms with Crippen LogP contribution in [0.4, 0.5) is 10.1 Å². The maximum atomic E-state index is 13.5. The Morgan fingerprint density at radius 3 is 2.61 bits per heavy atom. The van der Waals surface area contributed by atoms with E-state index >= 15 is 0 Å². The van der Waals surface area contributed by atoms with Crippen LogP contribution in [-0.4, -0.2) is 48.0 Å². The fourth-order valence-electron chi connectivity index (χ4n) is 4.32. The second kappa shape index (κ2) is 10.7. The largest absolute Gasteiger partial charge is 0.312 e. The van der Waals surface area contributed by atoms with Crippen LogP contribution < -0.4 is 10.2 Å². The van der Waals surface area contributed by atoms with Gasteiger partial charge in [0.1, 0.15) is 5.82 Å². The molecule has 1 atom stereocenters. The molecule has 0 bridgehead atoms. The highest BCUT2D eigenvalue weighted by Gasteiger charge is 2.17. The molecule has 33 heavy (non-hydrogen) atoms. The van der Waals surface area contributed by atoms with Crippen LogP contribution in [0.15, 0.2) is 66.9 Å². The van der Waals surface area contributed by atoms with Gasteiger partial charge in [0.25, 0.3) is 0 Å². The van der Waals surface area contributed by atoms with Gasteiger partial charge in [-0.3, -0.25) is 14.7 Å². The molecule has 0 spiro atoms. The summed E-state index contributed by atoms with van der Waals surface area (Å²) >= 11 is 0.